The van der Waals surface area contributed by atoms with Crippen molar-refractivity contribution in [2.45, 2.75) is 25.4 Å². The van der Waals surface area contributed by atoms with Crippen molar-refractivity contribution in [1.29, 1.82) is 0 Å². The standard InChI is InChI=1S/C27H30FN7O2S/c1-5-35-25-18(14-20(26(35)36)24-17(2)6-9-23(32-24)38(3,4)37)16-30-27(33-25)31-19-7-8-22(21(28)15-19)34-12-10-29-11-13-34/h6-9,14-16,29H,3,5,10-13H2,1-2,4H3,(H,30,31,33). The van der Waals surface area contributed by atoms with Crippen LogP contribution >= 0.6 is 0 Å². The van der Waals surface area contributed by atoms with Crippen LogP contribution in [0.4, 0.5) is 21.7 Å². The van der Waals surface area contributed by atoms with Gasteiger partial charge in [-0.3, -0.25) is 13.6 Å². The lowest BCUT2D eigenvalue weighted by atomic mass is 10.1. The smallest absolute Gasteiger partial charge is 0.261 e. The highest BCUT2D eigenvalue weighted by Crippen LogP contribution is 2.26. The number of aryl methyl sites for hydroxylation is 2. The molecular formula is C27H30FN7O2S. The molecule has 11 heteroatoms. The summed E-state index contributed by atoms with van der Waals surface area (Å²) in [7, 11) is -2.55. The molecule has 4 aromatic rings. The van der Waals surface area contributed by atoms with E-state index in [2.05, 4.69) is 31.5 Å². The molecule has 0 saturated carbocycles. The van der Waals surface area contributed by atoms with Gasteiger partial charge in [-0.15, -0.1) is 0 Å². The second-order valence-electron chi connectivity index (χ2n) is 9.43. The SMILES string of the molecule is C=S(C)(=O)c1ccc(C)c(-c2cc3cnc(Nc4ccc(N5CCNCC5)c(F)c4)nc3n(CC)c2=O)n1. The molecule has 38 heavy (non-hydrogen) atoms. The summed E-state index contributed by atoms with van der Waals surface area (Å²) in [5.41, 5.74) is 2.86. The summed E-state index contributed by atoms with van der Waals surface area (Å²) in [4.78, 5) is 29.1. The van der Waals surface area contributed by atoms with Gasteiger partial charge in [0.2, 0.25) is 5.95 Å². The number of nitrogens with zero attached hydrogens (tertiary/aromatic N) is 5. The zero-order valence-electron chi connectivity index (χ0n) is 21.6. The van der Waals surface area contributed by atoms with Gasteiger partial charge in [-0.05, 0) is 55.6 Å². The number of pyridine rings is 2. The Hall–Kier alpha value is -3.83. The van der Waals surface area contributed by atoms with Crippen LogP contribution in [0.25, 0.3) is 22.3 Å². The first-order valence-corrected chi connectivity index (χ1v) is 14.5. The van der Waals surface area contributed by atoms with Crippen molar-refractivity contribution in [3.8, 4) is 11.3 Å². The fraction of sp³-hybridized carbons (Fsp3) is 0.296. The number of nitrogens with one attached hydrogen (secondary N) is 2. The molecule has 0 amide bonds. The van der Waals surface area contributed by atoms with Crippen molar-refractivity contribution in [1.82, 2.24) is 24.8 Å². The number of aromatic nitrogens is 4. The maximum Gasteiger partial charge on any atom is 0.261 e. The van der Waals surface area contributed by atoms with E-state index in [9.17, 15) is 13.4 Å². The van der Waals surface area contributed by atoms with Crippen molar-refractivity contribution in [3.63, 3.8) is 0 Å². The maximum absolute atomic E-state index is 14.9. The normalized spacial score (nSPS) is 15.4. The van der Waals surface area contributed by atoms with Crippen molar-refractivity contribution in [2.75, 3.05) is 42.7 Å². The molecule has 1 atom stereocenters. The molecule has 1 aromatic carbocycles. The molecular weight excluding hydrogens is 505 g/mol. The van der Waals surface area contributed by atoms with Crippen LogP contribution in [0.1, 0.15) is 12.5 Å². The minimum atomic E-state index is -2.55. The molecule has 1 aliphatic heterocycles. The van der Waals surface area contributed by atoms with E-state index in [1.807, 2.05) is 18.7 Å². The average molecular weight is 536 g/mol. The second-order valence-corrected chi connectivity index (χ2v) is 11.9. The fourth-order valence-electron chi connectivity index (χ4n) is 4.58. The van der Waals surface area contributed by atoms with E-state index < -0.39 is 9.52 Å². The number of hydrogen-bond donors (Lipinski definition) is 2. The quantitative estimate of drug-likeness (QED) is 0.363. The summed E-state index contributed by atoms with van der Waals surface area (Å²) < 4.78 is 28.9. The number of hydrogen-bond acceptors (Lipinski definition) is 8. The fourth-order valence-corrected chi connectivity index (χ4v) is 5.22. The van der Waals surface area contributed by atoms with Crippen LogP contribution in [-0.4, -0.2) is 62.0 Å². The molecule has 198 valence electrons. The van der Waals surface area contributed by atoms with Gasteiger partial charge in [0.25, 0.3) is 5.56 Å². The van der Waals surface area contributed by atoms with Crippen LogP contribution < -0.4 is 21.1 Å². The summed E-state index contributed by atoms with van der Waals surface area (Å²) in [5.74, 6) is 3.64. The predicted octanol–water partition coefficient (Wildman–Crippen LogP) is 3.18. The lowest BCUT2D eigenvalue weighted by molar-refractivity contribution is 0.566. The van der Waals surface area contributed by atoms with Gasteiger partial charge in [0, 0.05) is 65.8 Å². The van der Waals surface area contributed by atoms with Crippen LogP contribution in [0.3, 0.4) is 0 Å². The monoisotopic (exact) mass is 535 g/mol. The number of halogens is 1. The van der Waals surface area contributed by atoms with Gasteiger partial charge in [-0.25, -0.2) is 14.4 Å². The lowest BCUT2D eigenvalue weighted by Gasteiger charge is -2.29. The van der Waals surface area contributed by atoms with Crippen molar-refractivity contribution < 1.29 is 8.60 Å². The Bertz CT molecular complexity index is 1700. The molecule has 0 spiro atoms. The average Bonchev–Trinajstić information content (AvgIpc) is 2.89. The summed E-state index contributed by atoms with van der Waals surface area (Å²) in [5, 5.41) is 7.31. The zero-order chi connectivity index (χ0) is 27.0. The second kappa shape index (κ2) is 10.1. The van der Waals surface area contributed by atoms with Gasteiger partial charge >= 0.3 is 0 Å². The number of benzene rings is 1. The zero-order valence-corrected chi connectivity index (χ0v) is 22.4. The van der Waals surface area contributed by atoms with Gasteiger partial charge in [-0.1, -0.05) is 6.07 Å². The van der Waals surface area contributed by atoms with Gasteiger partial charge in [0.05, 0.1) is 16.9 Å². The number of rotatable bonds is 6. The first kappa shape index (κ1) is 25.8. The van der Waals surface area contributed by atoms with Crippen molar-refractivity contribution in [3.05, 3.63) is 64.3 Å². The molecule has 0 aliphatic carbocycles. The summed E-state index contributed by atoms with van der Waals surface area (Å²) in [6.45, 7) is 7.22. The minimum Gasteiger partial charge on any atom is -0.367 e. The van der Waals surface area contributed by atoms with E-state index in [1.165, 1.54) is 12.3 Å². The number of anilines is 3. The third kappa shape index (κ3) is 4.99. The molecule has 3 aromatic heterocycles. The van der Waals surface area contributed by atoms with Crippen LogP contribution in [0.5, 0.6) is 0 Å². The van der Waals surface area contributed by atoms with Crippen LogP contribution in [-0.2, 0) is 16.1 Å². The molecule has 1 fully saturated rings. The Morgan fingerprint density at radius 1 is 1.16 bits per heavy atom. The summed E-state index contributed by atoms with van der Waals surface area (Å²) in [6, 6.07) is 10.1. The van der Waals surface area contributed by atoms with E-state index in [1.54, 1.807) is 41.1 Å². The predicted molar refractivity (Wildman–Crippen MR) is 152 cm³/mol. The first-order chi connectivity index (χ1) is 18.2. The molecule has 2 N–H and O–H groups in total. The molecule has 1 aliphatic rings. The third-order valence-corrected chi connectivity index (χ3v) is 7.69. The lowest BCUT2D eigenvalue weighted by Crippen LogP contribution is -2.43. The largest absolute Gasteiger partial charge is 0.367 e. The van der Waals surface area contributed by atoms with E-state index >= 15 is 0 Å². The number of piperazine rings is 1. The highest BCUT2D eigenvalue weighted by molar-refractivity contribution is 7.99. The molecule has 0 bridgehead atoms. The Labute approximate surface area is 220 Å². The molecule has 9 nitrogen and oxygen atoms in total. The maximum atomic E-state index is 14.9. The van der Waals surface area contributed by atoms with E-state index in [0.717, 1.165) is 31.7 Å². The van der Waals surface area contributed by atoms with Gasteiger partial charge in [0.1, 0.15) is 16.5 Å². The van der Waals surface area contributed by atoms with Crippen LogP contribution in [0.2, 0.25) is 0 Å². The highest BCUT2D eigenvalue weighted by Gasteiger charge is 2.18. The minimum absolute atomic E-state index is 0.250. The van der Waals surface area contributed by atoms with Gasteiger partial charge < -0.3 is 15.5 Å². The van der Waals surface area contributed by atoms with E-state index in [0.29, 0.717) is 45.2 Å². The Balaban J connectivity index is 1.51. The van der Waals surface area contributed by atoms with E-state index in [-0.39, 0.29) is 17.3 Å². The molecule has 0 radical (unpaired) electrons. The highest BCUT2D eigenvalue weighted by atomic mass is 32.2. The van der Waals surface area contributed by atoms with Gasteiger partial charge in [-0.2, -0.15) is 4.98 Å². The van der Waals surface area contributed by atoms with E-state index in [4.69, 9.17) is 0 Å². The number of fused-ring (bicyclic) bond motifs is 1. The Morgan fingerprint density at radius 3 is 2.61 bits per heavy atom. The third-order valence-electron chi connectivity index (χ3n) is 6.57. The topological polar surface area (TPSA) is 105 Å². The molecule has 1 unspecified atom stereocenters. The molecule has 1 saturated heterocycles. The van der Waals surface area contributed by atoms with Crippen molar-refractivity contribution >= 4 is 43.7 Å². The Morgan fingerprint density at radius 2 is 1.92 bits per heavy atom. The van der Waals surface area contributed by atoms with Crippen LogP contribution in [0.15, 0.2) is 52.4 Å². The first-order valence-electron chi connectivity index (χ1n) is 12.4. The van der Waals surface area contributed by atoms with Crippen LogP contribution in [0, 0.1) is 12.7 Å². The molecule has 5 rings (SSSR count). The molecule has 4 heterocycles. The summed E-state index contributed by atoms with van der Waals surface area (Å²) >= 11 is 0. The van der Waals surface area contributed by atoms with Gasteiger partial charge in [0.15, 0.2) is 0 Å². The Kier molecular flexibility index (Phi) is 6.89. The van der Waals surface area contributed by atoms with Crippen molar-refractivity contribution in [2.24, 2.45) is 0 Å². The summed E-state index contributed by atoms with van der Waals surface area (Å²) in [6.07, 6.45) is 3.14.